The highest BCUT2D eigenvalue weighted by Gasteiger charge is 2.24. The normalized spacial score (nSPS) is 14.1. The first-order valence-corrected chi connectivity index (χ1v) is 10.5. The van der Waals surface area contributed by atoms with Crippen LogP contribution in [0.1, 0.15) is 11.3 Å². The van der Waals surface area contributed by atoms with E-state index < -0.39 is 4.92 Å². The van der Waals surface area contributed by atoms with Crippen molar-refractivity contribution in [1.82, 2.24) is 4.90 Å². The van der Waals surface area contributed by atoms with Gasteiger partial charge in [0.1, 0.15) is 23.2 Å². The number of nitro benzene ring substituents is 1. The standard InChI is InChI=1S/C25H22N4O4/c1-18-7-8-19(16-23(18)29(31)32)24-10-9-22(33-24)15-20(17-26)25(30)28-13-11-27(12-14-28)21-5-3-2-4-6-21/h2-10,15-16H,11-14H2,1H3/b20-15-. The van der Waals surface area contributed by atoms with Crippen LogP contribution in [-0.2, 0) is 4.79 Å². The van der Waals surface area contributed by atoms with Gasteiger partial charge in [-0.1, -0.05) is 30.3 Å². The van der Waals surface area contributed by atoms with Gasteiger partial charge in [-0.05, 0) is 31.2 Å². The van der Waals surface area contributed by atoms with Gasteiger partial charge in [-0.2, -0.15) is 5.26 Å². The number of benzene rings is 2. The van der Waals surface area contributed by atoms with Crippen LogP contribution in [0.5, 0.6) is 0 Å². The van der Waals surface area contributed by atoms with Gasteiger partial charge in [-0.3, -0.25) is 14.9 Å². The molecule has 4 rings (SSSR count). The van der Waals surface area contributed by atoms with Crippen LogP contribution in [0.4, 0.5) is 11.4 Å². The number of carbonyl (C=O) groups excluding carboxylic acids is 1. The van der Waals surface area contributed by atoms with E-state index >= 15 is 0 Å². The van der Waals surface area contributed by atoms with Crippen LogP contribution in [-0.4, -0.2) is 41.9 Å². The maximum absolute atomic E-state index is 12.9. The molecule has 0 aliphatic carbocycles. The van der Waals surface area contributed by atoms with E-state index in [4.69, 9.17) is 4.42 Å². The Kier molecular flexibility index (Phi) is 6.22. The summed E-state index contributed by atoms with van der Waals surface area (Å²) < 4.78 is 5.76. The molecule has 0 N–H and O–H groups in total. The zero-order valence-corrected chi connectivity index (χ0v) is 18.1. The Morgan fingerprint density at radius 1 is 1.09 bits per heavy atom. The smallest absolute Gasteiger partial charge is 0.273 e. The summed E-state index contributed by atoms with van der Waals surface area (Å²) in [6.45, 7) is 4.08. The molecular formula is C25H22N4O4. The molecule has 2 heterocycles. The number of nitro groups is 1. The summed E-state index contributed by atoms with van der Waals surface area (Å²) in [7, 11) is 0. The fourth-order valence-electron chi connectivity index (χ4n) is 3.81. The molecule has 8 nitrogen and oxygen atoms in total. The van der Waals surface area contributed by atoms with Crippen LogP contribution in [0.3, 0.4) is 0 Å². The van der Waals surface area contributed by atoms with Crippen LogP contribution in [0, 0.1) is 28.4 Å². The van der Waals surface area contributed by atoms with Crippen molar-refractivity contribution in [3.63, 3.8) is 0 Å². The Morgan fingerprint density at radius 2 is 1.82 bits per heavy atom. The van der Waals surface area contributed by atoms with E-state index in [1.54, 1.807) is 36.1 Å². The SMILES string of the molecule is Cc1ccc(-c2ccc(/C=C(/C#N)C(=O)N3CCN(c4ccccc4)CC3)o2)cc1[N+](=O)[O-]. The number of amides is 1. The number of nitrogens with zero attached hydrogens (tertiary/aromatic N) is 4. The van der Waals surface area contributed by atoms with Gasteiger partial charge < -0.3 is 14.2 Å². The predicted octanol–water partition coefficient (Wildman–Crippen LogP) is 4.42. The van der Waals surface area contributed by atoms with E-state index in [1.807, 2.05) is 36.4 Å². The Bertz CT molecular complexity index is 1250. The molecule has 1 aliphatic heterocycles. The Hall–Kier alpha value is -4.38. The number of rotatable bonds is 5. The number of hydrogen-bond donors (Lipinski definition) is 0. The third-order valence-corrected chi connectivity index (χ3v) is 5.64. The quantitative estimate of drug-likeness (QED) is 0.251. The molecule has 1 aromatic heterocycles. The third-order valence-electron chi connectivity index (χ3n) is 5.64. The maximum Gasteiger partial charge on any atom is 0.273 e. The zero-order valence-electron chi connectivity index (χ0n) is 18.1. The van der Waals surface area contributed by atoms with E-state index in [9.17, 15) is 20.2 Å². The summed E-state index contributed by atoms with van der Waals surface area (Å²) in [5, 5.41) is 20.8. The van der Waals surface area contributed by atoms with E-state index in [0.29, 0.717) is 48.8 Å². The molecule has 3 aromatic rings. The molecule has 1 saturated heterocycles. The van der Waals surface area contributed by atoms with Gasteiger partial charge in [0, 0.05) is 55.1 Å². The minimum atomic E-state index is -0.438. The average Bonchev–Trinajstić information content (AvgIpc) is 3.31. The summed E-state index contributed by atoms with van der Waals surface area (Å²) in [5.41, 5.74) is 2.21. The molecule has 166 valence electrons. The van der Waals surface area contributed by atoms with E-state index in [1.165, 1.54) is 12.1 Å². The molecule has 1 amide bonds. The highest BCUT2D eigenvalue weighted by molar-refractivity contribution is 6.01. The minimum Gasteiger partial charge on any atom is -0.457 e. The van der Waals surface area contributed by atoms with Crippen LogP contribution >= 0.6 is 0 Å². The van der Waals surface area contributed by atoms with E-state index in [-0.39, 0.29) is 17.2 Å². The second kappa shape index (κ2) is 9.40. The van der Waals surface area contributed by atoms with Crippen molar-refractivity contribution in [3.8, 4) is 17.4 Å². The monoisotopic (exact) mass is 442 g/mol. The van der Waals surface area contributed by atoms with Crippen molar-refractivity contribution < 1.29 is 14.1 Å². The Balaban J connectivity index is 1.47. The van der Waals surface area contributed by atoms with Crippen molar-refractivity contribution in [2.45, 2.75) is 6.92 Å². The molecule has 0 atom stereocenters. The number of piperazine rings is 1. The van der Waals surface area contributed by atoms with Crippen molar-refractivity contribution in [2.24, 2.45) is 0 Å². The van der Waals surface area contributed by atoms with Crippen molar-refractivity contribution in [1.29, 1.82) is 5.26 Å². The lowest BCUT2D eigenvalue weighted by Crippen LogP contribution is -2.49. The molecule has 1 aliphatic rings. The molecule has 0 saturated carbocycles. The van der Waals surface area contributed by atoms with Crippen molar-refractivity contribution in [3.05, 3.63) is 87.7 Å². The van der Waals surface area contributed by atoms with Gasteiger partial charge in [0.2, 0.25) is 0 Å². The number of hydrogen-bond acceptors (Lipinski definition) is 6. The molecule has 0 unspecified atom stereocenters. The zero-order chi connectivity index (χ0) is 23.4. The largest absolute Gasteiger partial charge is 0.457 e. The highest BCUT2D eigenvalue weighted by atomic mass is 16.6. The fourth-order valence-corrected chi connectivity index (χ4v) is 3.81. The molecule has 0 bridgehead atoms. The maximum atomic E-state index is 12.9. The van der Waals surface area contributed by atoms with Gasteiger partial charge in [-0.15, -0.1) is 0 Å². The first kappa shape index (κ1) is 21.8. The summed E-state index contributed by atoms with van der Waals surface area (Å²) in [6.07, 6.45) is 1.41. The molecule has 1 fully saturated rings. The second-order valence-electron chi connectivity index (χ2n) is 7.75. The molecule has 0 radical (unpaired) electrons. The number of nitriles is 1. The Morgan fingerprint density at radius 3 is 2.48 bits per heavy atom. The van der Waals surface area contributed by atoms with E-state index in [0.717, 1.165) is 5.69 Å². The van der Waals surface area contributed by atoms with Crippen molar-refractivity contribution >= 4 is 23.4 Å². The van der Waals surface area contributed by atoms with Crippen LogP contribution in [0.15, 0.2) is 70.7 Å². The summed E-state index contributed by atoms with van der Waals surface area (Å²) >= 11 is 0. The number of aryl methyl sites for hydroxylation is 1. The lowest BCUT2D eigenvalue weighted by Gasteiger charge is -2.36. The fraction of sp³-hybridized carbons (Fsp3) is 0.200. The number of carbonyl (C=O) groups is 1. The Labute approximate surface area is 191 Å². The van der Waals surface area contributed by atoms with Crippen molar-refractivity contribution in [2.75, 3.05) is 31.1 Å². The first-order chi connectivity index (χ1) is 16.0. The lowest BCUT2D eigenvalue weighted by molar-refractivity contribution is -0.385. The van der Waals surface area contributed by atoms with Gasteiger partial charge >= 0.3 is 0 Å². The molecular weight excluding hydrogens is 420 g/mol. The highest BCUT2D eigenvalue weighted by Crippen LogP contribution is 2.29. The molecule has 8 heteroatoms. The molecule has 2 aromatic carbocycles. The first-order valence-electron chi connectivity index (χ1n) is 10.5. The minimum absolute atomic E-state index is 0.00327. The second-order valence-corrected chi connectivity index (χ2v) is 7.75. The van der Waals surface area contributed by atoms with Gasteiger partial charge in [0.25, 0.3) is 11.6 Å². The van der Waals surface area contributed by atoms with E-state index in [2.05, 4.69) is 4.90 Å². The summed E-state index contributed by atoms with van der Waals surface area (Å²) in [4.78, 5) is 27.6. The van der Waals surface area contributed by atoms with Gasteiger partial charge in [0.15, 0.2) is 0 Å². The predicted molar refractivity (Wildman–Crippen MR) is 124 cm³/mol. The van der Waals surface area contributed by atoms with Crippen LogP contribution in [0.2, 0.25) is 0 Å². The summed E-state index contributed by atoms with van der Waals surface area (Å²) in [6, 6.07) is 20.1. The average molecular weight is 442 g/mol. The topological polar surface area (TPSA) is 104 Å². The number of anilines is 1. The lowest BCUT2D eigenvalue weighted by atomic mass is 10.1. The van der Waals surface area contributed by atoms with Crippen LogP contribution in [0.25, 0.3) is 17.4 Å². The van der Waals surface area contributed by atoms with Gasteiger partial charge in [-0.25, -0.2) is 0 Å². The molecule has 33 heavy (non-hydrogen) atoms. The van der Waals surface area contributed by atoms with Crippen LogP contribution < -0.4 is 4.90 Å². The number of para-hydroxylation sites is 1. The van der Waals surface area contributed by atoms with Gasteiger partial charge in [0.05, 0.1) is 4.92 Å². The third kappa shape index (κ3) is 4.77. The number of furan rings is 1. The molecule has 0 spiro atoms. The summed E-state index contributed by atoms with van der Waals surface area (Å²) in [5.74, 6) is 0.417.